The van der Waals surface area contributed by atoms with Crippen molar-refractivity contribution in [3.63, 3.8) is 0 Å². The predicted octanol–water partition coefficient (Wildman–Crippen LogP) is -1.66. The van der Waals surface area contributed by atoms with Crippen molar-refractivity contribution in [2.45, 2.75) is 24.9 Å². The first-order valence-electron chi connectivity index (χ1n) is 5.77. The lowest BCUT2D eigenvalue weighted by atomic mass is 10.2. The van der Waals surface area contributed by atoms with E-state index in [0.717, 1.165) is 0 Å². The molecule has 9 nitrogen and oxygen atoms in total. The molecule has 9 heteroatoms. The third kappa shape index (κ3) is 1.87. The smallest absolute Gasteiger partial charge is 0.280 e. The third-order valence-corrected chi connectivity index (χ3v) is 3.15. The molecule has 3 atom stereocenters. The number of aromatic amines is 1. The maximum Gasteiger partial charge on any atom is 0.280 e. The Bertz CT molecular complexity index is 665. The second kappa shape index (κ2) is 4.30. The van der Waals surface area contributed by atoms with E-state index in [0.29, 0.717) is 0 Å². The lowest BCUT2D eigenvalue weighted by Gasteiger charge is -2.13. The zero-order valence-corrected chi connectivity index (χ0v) is 9.85. The van der Waals surface area contributed by atoms with E-state index >= 15 is 0 Å². The number of nitrogens with zero attached hydrogens (tertiary/aromatic N) is 3. The van der Waals surface area contributed by atoms with E-state index < -0.39 is 24.0 Å². The molecule has 1 saturated heterocycles. The molecule has 0 radical (unpaired) electrons. The van der Waals surface area contributed by atoms with Crippen molar-refractivity contribution in [3.05, 3.63) is 16.7 Å². The van der Waals surface area contributed by atoms with Crippen molar-refractivity contribution >= 4 is 17.1 Å². The first-order chi connectivity index (χ1) is 9.10. The highest BCUT2D eigenvalue weighted by atomic mass is 16.5. The fourth-order valence-corrected chi connectivity index (χ4v) is 2.20. The molecule has 0 aliphatic carbocycles. The Morgan fingerprint density at radius 1 is 1.63 bits per heavy atom. The van der Waals surface area contributed by atoms with Gasteiger partial charge in [-0.2, -0.15) is 4.98 Å². The Balaban J connectivity index is 2.05. The van der Waals surface area contributed by atoms with Crippen LogP contribution in [0.3, 0.4) is 0 Å². The number of ether oxygens (including phenoxy) is 1. The maximum absolute atomic E-state index is 11.6. The molecule has 102 valence electrons. The normalized spacial score (nSPS) is 27.2. The predicted molar refractivity (Wildman–Crippen MR) is 64.2 cm³/mol. The quantitative estimate of drug-likeness (QED) is 0.510. The summed E-state index contributed by atoms with van der Waals surface area (Å²) in [5.41, 5.74) is 5.50. The van der Waals surface area contributed by atoms with Crippen molar-refractivity contribution < 1.29 is 14.9 Å². The van der Waals surface area contributed by atoms with Crippen molar-refractivity contribution in [1.82, 2.24) is 19.5 Å². The van der Waals surface area contributed by atoms with Crippen molar-refractivity contribution in [2.24, 2.45) is 0 Å². The minimum Gasteiger partial charge on any atom is -0.394 e. The van der Waals surface area contributed by atoms with Gasteiger partial charge in [-0.1, -0.05) is 0 Å². The van der Waals surface area contributed by atoms with E-state index in [-0.39, 0.29) is 30.1 Å². The number of nitrogens with one attached hydrogen (secondary N) is 1. The molecule has 2 aromatic rings. The first-order valence-corrected chi connectivity index (χ1v) is 5.77. The molecule has 1 fully saturated rings. The van der Waals surface area contributed by atoms with Gasteiger partial charge in [-0.15, -0.1) is 0 Å². The second-order valence-electron chi connectivity index (χ2n) is 4.39. The number of nitrogens with two attached hydrogens (primary N) is 1. The molecule has 1 aliphatic rings. The molecule has 3 rings (SSSR count). The van der Waals surface area contributed by atoms with Gasteiger partial charge in [-0.3, -0.25) is 14.3 Å². The average Bonchev–Trinajstić information content (AvgIpc) is 2.92. The van der Waals surface area contributed by atoms with E-state index in [1.165, 1.54) is 10.9 Å². The number of aromatic nitrogens is 4. The topological polar surface area (TPSA) is 139 Å². The number of hydrogen-bond acceptors (Lipinski definition) is 7. The summed E-state index contributed by atoms with van der Waals surface area (Å²) in [5, 5.41) is 18.8. The Morgan fingerprint density at radius 2 is 2.42 bits per heavy atom. The van der Waals surface area contributed by atoms with Crippen LogP contribution in [0.4, 0.5) is 5.95 Å². The monoisotopic (exact) mass is 267 g/mol. The van der Waals surface area contributed by atoms with Crippen LogP contribution in [-0.2, 0) is 4.74 Å². The third-order valence-electron chi connectivity index (χ3n) is 3.15. The summed E-state index contributed by atoms with van der Waals surface area (Å²) in [6, 6.07) is 0. The highest BCUT2D eigenvalue weighted by Gasteiger charge is 2.35. The van der Waals surface area contributed by atoms with Crippen LogP contribution in [0.15, 0.2) is 11.1 Å². The molecule has 0 bridgehead atoms. The summed E-state index contributed by atoms with van der Waals surface area (Å²) in [4.78, 5) is 22.0. The Kier molecular flexibility index (Phi) is 2.73. The lowest BCUT2D eigenvalue weighted by molar-refractivity contribution is -0.0432. The molecular formula is C10H13N5O4. The van der Waals surface area contributed by atoms with Crippen LogP contribution in [0.1, 0.15) is 12.6 Å². The SMILES string of the molecule is Nc1nc2c(ncn2C2C[C@H](O)[C@H](CO)O2)c(=O)[nH]1. The fraction of sp³-hybridized carbons (Fsp3) is 0.500. The van der Waals surface area contributed by atoms with Gasteiger partial charge in [0.05, 0.1) is 19.0 Å². The number of H-pyrrole nitrogens is 1. The Morgan fingerprint density at radius 3 is 3.11 bits per heavy atom. The molecule has 1 unspecified atom stereocenters. The zero-order chi connectivity index (χ0) is 13.6. The molecule has 0 spiro atoms. The lowest BCUT2D eigenvalue weighted by Crippen LogP contribution is -2.24. The van der Waals surface area contributed by atoms with Crippen molar-refractivity contribution in [1.29, 1.82) is 0 Å². The van der Waals surface area contributed by atoms with Crippen LogP contribution in [-0.4, -0.2) is 48.5 Å². The van der Waals surface area contributed by atoms with Gasteiger partial charge in [0.25, 0.3) is 5.56 Å². The average molecular weight is 267 g/mol. The standard InChI is InChI=1S/C10H13N5O4/c11-10-13-8-7(9(18)14-10)12-3-15(8)6-1-4(17)5(2-16)19-6/h3-6,16-17H,1-2H2,(H3,11,13,14,18)/t4-,5-,6?/m0/s1. The van der Waals surface area contributed by atoms with Gasteiger partial charge >= 0.3 is 0 Å². The van der Waals surface area contributed by atoms with Crippen molar-refractivity contribution in [3.8, 4) is 0 Å². The maximum atomic E-state index is 11.6. The highest BCUT2D eigenvalue weighted by molar-refractivity contribution is 5.70. The molecule has 0 amide bonds. The first kappa shape index (κ1) is 12.1. The number of aliphatic hydroxyl groups is 2. The van der Waals surface area contributed by atoms with E-state index in [1.54, 1.807) is 0 Å². The molecule has 5 N–H and O–H groups in total. The number of anilines is 1. The van der Waals surface area contributed by atoms with Crippen LogP contribution in [0.5, 0.6) is 0 Å². The van der Waals surface area contributed by atoms with E-state index in [1.807, 2.05) is 0 Å². The van der Waals surface area contributed by atoms with Crippen LogP contribution < -0.4 is 11.3 Å². The largest absolute Gasteiger partial charge is 0.394 e. The molecule has 1 aliphatic heterocycles. The number of fused-ring (bicyclic) bond motifs is 1. The fourth-order valence-electron chi connectivity index (χ4n) is 2.20. The van der Waals surface area contributed by atoms with Crippen LogP contribution in [0, 0.1) is 0 Å². The summed E-state index contributed by atoms with van der Waals surface area (Å²) < 4.78 is 7.01. The van der Waals surface area contributed by atoms with Gasteiger partial charge in [-0.05, 0) is 0 Å². The summed E-state index contributed by atoms with van der Waals surface area (Å²) in [7, 11) is 0. The van der Waals surface area contributed by atoms with Crippen molar-refractivity contribution in [2.75, 3.05) is 12.3 Å². The molecule has 3 heterocycles. The molecule has 0 aromatic carbocycles. The van der Waals surface area contributed by atoms with Crippen LogP contribution in [0.2, 0.25) is 0 Å². The van der Waals surface area contributed by atoms with Gasteiger partial charge in [-0.25, -0.2) is 4.98 Å². The van der Waals surface area contributed by atoms with Gasteiger partial charge in [0.15, 0.2) is 11.2 Å². The minimum atomic E-state index is -0.771. The molecule has 19 heavy (non-hydrogen) atoms. The summed E-state index contributed by atoms with van der Waals surface area (Å²) >= 11 is 0. The van der Waals surface area contributed by atoms with E-state index in [2.05, 4.69) is 15.0 Å². The van der Waals surface area contributed by atoms with Gasteiger partial charge in [0, 0.05) is 6.42 Å². The number of imidazole rings is 1. The van der Waals surface area contributed by atoms with E-state index in [9.17, 15) is 9.90 Å². The van der Waals surface area contributed by atoms with Gasteiger partial charge < -0.3 is 20.7 Å². The molecule has 2 aromatic heterocycles. The zero-order valence-electron chi connectivity index (χ0n) is 9.85. The number of nitrogen functional groups attached to an aromatic ring is 1. The van der Waals surface area contributed by atoms with Gasteiger partial charge in [0.2, 0.25) is 5.95 Å². The van der Waals surface area contributed by atoms with Gasteiger partial charge in [0.1, 0.15) is 12.3 Å². The number of aliphatic hydroxyl groups excluding tert-OH is 2. The molecule has 0 saturated carbocycles. The Labute approximate surface area is 106 Å². The molecular weight excluding hydrogens is 254 g/mol. The number of hydrogen-bond donors (Lipinski definition) is 4. The van der Waals surface area contributed by atoms with Crippen LogP contribution >= 0.6 is 0 Å². The minimum absolute atomic E-state index is 0.0171. The second-order valence-corrected chi connectivity index (χ2v) is 4.39. The summed E-state index contributed by atoms with van der Waals surface area (Å²) in [6.07, 6.45) is -0.270. The summed E-state index contributed by atoms with van der Waals surface area (Å²) in [5.74, 6) is -0.0171. The number of rotatable bonds is 2. The van der Waals surface area contributed by atoms with E-state index in [4.69, 9.17) is 15.6 Å². The highest BCUT2D eigenvalue weighted by Crippen LogP contribution is 2.30. The Hall–Kier alpha value is -1.97. The van der Waals surface area contributed by atoms with Crippen LogP contribution in [0.25, 0.3) is 11.2 Å². The summed E-state index contributed by atoms with van der Waals surface area (Å²) in [6.45, 7) is -0.277.